The van der Waals surface area contributed by atoms with E-state index in [-0.39, 0.29) is 12.1 Å². The van der Waals surface area contributed by atoms with E-state index in [9.17, 15) is 18.8 Å². The molecule has 0 saturated carbocycles. The Morgan fingerprint density at radius 1 is 1.03 bits per heavy atom. The Balaban J connectivity index is 1.37. The summed E-state index contributed by atoms with van der Waals surface area (Å²) in [7, 11) is 0. The first-order chi connectivity index (χ1) is 15.5. The molecular formula is C24H17FN2O4S. The lowest BCUT2D eigenvalue weighted by Crippen LogP contribution is -2.34. The number of benzene rings is 3. The van der Waals surface area contributed by atoms with Gasteiger partial charge in [-0.15, -0.1) is 0 Å². The van der Waals surface area contributed by atoms with Gasteiger partial charge in [-0.05, 0) is 42.0 Å². The summed E-state index contributed by atoms with van der Waals surface area (Å²) in [6, 6.07) is 18.9. The molecule has 1 N–H and O–H groups in total. The van der Waals surface area contributed by atoms with Gasteiger partial charge >= 0.3 is 5.97 Å². The van der Waals surface area contributed by atoms with Crippen LogP contribution in [0.15, 0.2) is 76.5 Å². The molecule has 0 aliphatic carbocycles. The van der Waals surface area contributed by atoms with Crippen molar-refractivity contribution in [2.24, 2.45) is 0 Å². The van der Waals surface area contributed by atoms with Crippen LogP contribution < -0.4 is 10.2 Å². The molecule has 1 unspecified atom stereocenters. The van der Waals surface area contributed by atoms with Crippen LogP contribution in [-0.2, 0) is 19.1 Å². The standard InChI is InChI=1S/C24H17FN2O4S/c25-14-9-10-15-16(12-22(28)26-17(15)11-14)24(30)31-13-23(29)27-18-5-1-3-7-20(18)32-21-8-4-2-6-19(21)27/h1-11,16H,12-13H2,(H,26,28). The molecule has 8 heteroatoms. The number of hydrogen-bond acceptors (Lipinski definition) is 5. The predicted molar refractivity (Wildman–Crippen MR) is 117 cm³/mol. The summed E-state index contributed by atoms with van der Waals surface area (Å²) in [5.74, 6) is -2.93. The molecule has 32 heavy (non-hydrogen) atoms. The molecule has 5 rings (SSSR count). The molecule has 0 fully saturated rings. The fourth-order valence-electron chi connectivity index (χ4n) is 3.92. The fourth-order valence-corrected chi connectivity index (χ4v) is 4.98. The number of carbonyl (C=O) groups is 3. The van der Waals surface area contributed by atoms with E-state index in [1.807, 2.05) is 48.5 Å². The van der Waals surface area contributed by atoms with E-state index in [0.29, 0.717) is 5.56 Å². The van der Waals surface area contributed by atoms with Crippen LogP contribution in [0.4, 0.5) is 21.5 Å². The monoisotopic (exact) mass is 448 g/mol. The lowest BCUT2D eigenvalue weighted by Gasteiger charge is -2.31. The number of esters is 1. The third-order valence-electron chi connectivity index (χ3n) is 5.36. The summed E-state index contributed by atoms with van der Waals surface area (Å²) in [4.78, 5) is 41.4. The van der Waals surface area contributed by atoms with Crippen LogP contribution in [0.1, 0.15) is 17.9 Å². The number of para-hydroxylation sites is 2. The van der Waals surface area contributed by atoms with Crippen molar-refractivity contribution in [2.45, 2.75) is 22.1 Å². The minimum atomic E-state index is -0.899. The van der Waals surface area contributed by atoms with Crippen molar-refractivity contribution in [1.29, 1.82) is 0 Å². The van der Waals surface area contributed by atoms with Gasteiger partial charge in [0.1, 0.15) is 5.82 Å². The first-order valence-electron chi connectivity index (χ1n) is 9.96. The number of amides is 2. The zero-order valence-electron chi connectivity index (χ0n) is 16.7. The average molecular weight is 448 g/mol. The zero-order chi connectivity index (χ0) is 22.2. The van der Waals surface area contributed by atoms with Gasteiger partial charge in [-0.2, -0.15) is 0 Å². The van der Waals surface area contributed by atoms with E-state index in [1.165, 1.54) is 12.1 Å². The number of rotatable bonds is 3. The van der Waals surface area contributed by atoms with E-state index in [4.69, 9.17) is 4.74 Å². The van der Waals surface area contributed by atoms with Crippen molar-refractivity contribution >= 4 is 46.6 Å². The van der Waals surface area contributed by atoms with Gasteiger partial charge in [-0.1, -0.05) is 42.1 Å². The quantitative estimate of drug-likeness (QED) is 0.592. The first-order valence-corrected chi connectivity index (χ1v) is 10.8. The summed E-state index contributed by atoms with van der Waals surface area (Å²) >= 11 is 1.57. The maximum atomic E-state index is 13.5. The lowest BCUT2D eigenvalue weighted by molar-refractivity contribution is -0.150. The number of carbonyl (C=O) groups excluding carboxylic acids is 3. The average Bonchev–Trinajstić information content (AvgIpc) is 2.79. The highest BCUT2D eigenvalue weighted by Crippen LogP contribution is 2.47. The van der Waals surface area contributed by atoms with Gasteiger partial charge in [0.05, 0.1) is 17.3 Å². The molecule has 2 amide bonds. The summed E-state index contributed by atoms with van der Waals surface area (Å²) in [5, 5.41) is 2.56. The lowest BCUT2D eigenvalue weighted by atomic mass is 9.90. The SMILES string of the molecule is O=C1CC(C(=O)OCC(=O)N2c3ccccc3Sc3ccccc32)c2ccc(F)cc2N1. The van der Waals surface area contributed by atoms with E-state index in [2.05, 4.69) is 5.32 Å². The van der Waals surface area contributed by atoms with Crippen LogP contribution in [0.5, 0.6) is 0 Å². The number of fused-ring (bicyclic) bond motifs is 3. The van der Waals surface area contributed by atoms with Gasteiger partial charge < -0.3 is 10.1 Å². The number of halogens is 1. The fraction of sp³-hybridized carbons (Fsp3) is 0.125. The molecule has 2 aliphatic heterocycles. The van der Waals surface area contributed by atoms with E-state index < -0.39 is 36.1 Å². The largest absolute Gasteiger partial charge is 0.455 e. The second kappa shape index (κ2) is 8.12. The third-order valence-corrected chi connectivity index (χ3v) is 6.49. The molecule has 1 atom stereocenters. The summed E-state index contributed by atoms with van der Waals surface area (Å²) in [6.45, 7) is -0.485. The highest BCUT2D eigenvalue weighted by molar-refractivity contribution is 7.99. The predicted octanol–water partition coefficient (Wildman–Crippen LogP) is 4.62. The van der Waals surface area contributed by atoms with Crippen molar-refractivity contribution in [3.63, 3.8) is 0 Å². The molecule has 3 aromatic carbocycles. The van der Waals surface area contributed by atoms with Crippen LogP contribution >= 0.6 is 11.8 Å². The Morgan fingerprint density at radius 2 is 1.69 bits per heavy atom. The molecule has 0 spiro atoms. The Hall–Kier alpha value is -3.65. The number of nitrogens with zero attached hydrogens (tertiary/aromatic N) is 1. The minimum absolute atomic E-state index is 0.127. The minimum Gasteiger partial charge on any atom is -0.455 e. The van der Waals surface area contributed by atoms with Crippen molar-refractivity contribution < 1.29 is 23.5 Å². The van der Waals surface area contributed by atoms with E-state index in [0.717, 1.165) is 27.2 Å². The number of ether oxygens (including phenoxy) is 1. The zero-order valence-corrected chi connectivity index (χ0v) is 17.5. The third kappa shape index (κ3) is 3.62. The second-order valence-electron chi connectivity index (χ2n) is 7.41. The van der Waals surface area contributed by atoms with Gasteiger partial charge in [-0.3, -0.25) is 19.3 Å². The first kappa shape index (κ1) is 20.3. The van der Waals surface area contributed by atoms with E-state index in [1.54, 1.807) is 16.7 Å². The number of hydrogen-bond donors (Lipinski definition) is 1. The molecule has 0 aromatic heterocycles. The van der Waals surface area contributed by atoms with Crippen molar-refractivity contribution in [3.05, 3.63) is 78.1 Å². The summed E-state index contributed by atoms with van der Waals surface area (Å²) < 4.78 is 18.9. The van der Waals surface area contributed by atoms with Crippen LogP contribution in [0.2, 0.25) is 0 Å². The highest BCUT2D eigenvalue weighted by Gasteiger charge is 2.34. The van der Waals surface area contributed by atoms with Crippen LogP contribution in [-0.4, -0.2) is 24.4 Å². The van der Waals surface area contributed by atoms with Gasteiger partial charge in [0, 0.05) is 21.9 Å². The van der Waals surface area contributed by atoms with Gasteiger partial charge in [0.15, 0.2) is 6.61 Å². The Labute approximate surface area is 187 Å². The molecule has 6 nitrogen and oxygen atoms in total. The maximum Gasteiger partial charge on any atom is 0.314 e. The second-order valence-corrected chi connectivity index (χ2v) is 8.49. The number of nitrogens with one attached hydrogen (secondary N) is 1. The number of anilines is 3. The normalized spacial score (nSPS) is 16.3. The molecule has 3 aromatic rings. The van der Waals surface area contributed by atoms with Crippen LogP contribution in [0.3, 0.4) is 0 Å². The topological polar surface area (TPSA) is 75.7 Å². The highest BCUT2D eigenvalue weighted by atomic mass is 32.2. The van der Waals surface area contributed by atoms with Gasteiger partial charge in [-0.25, -0.2) is 4.39 Å². The maximum absolute atomic E-state index is 13.5. The van der Waals surface area contributed by atoms with Gasteiger partial charge in [0.2, 0.25) is 5.91 Å². The molecule has 0 bridgehead atoms. The Morgan fingerprint density at radius 3 is 2.38 bits per heavy atom. The smallest absolute Gasteiger partial charge is 0.314 e. The molecule has 0 radical (unpaired) electrons. The Kier molecular flexibility index (Phi) is 5.14. The Bertz CT molecular complexity index is 1220. The van der Waals surface area contributed by atoms with Gasteiger partial charge in [0.25, 0.3) is 5.91 Å². The van der Waals surface area contributed by atoms with Crippen molar-refractivity contribution in [3.8, 4) is 0 Å². The van der Waals surface area contributed by atoms with Crippen LogP contribution in [0, 0.1) is 5.82 Å². The molecular weight excluding hydrogens is 431 g/mol. The molecule has 160 valence electrons. The van der Waals surface area contributed by atoms with E-state index >= 15 is 0 Å². The van der Waals surface area contributed by atoms with Crippen molar-refractivity contribution in [1.82, 2.24) is 0 Å². The molecule has 2 aliphatic rings. The molecule has 2 heterocycles. The summed E-state index contributed by atoms with van der Waals surface area (Å²) in [5.41, 5.74) is 2.14. The van der Waals surface area contributed by atoms with Crippen LogP contribution in [0.25, 0.3) is 0 Å². The summed E-state index contributed by atoms with van der Waals surface area (Å²) in [6.07, 6.45) is -0.127. The molecule has 0 saturated heterocycles. The van der Waals surface area contributed by atoms with Crippen molar-refractivity contribution in [2.75, 3.05) is 16.8 Å².